The maximum absolute atomic E-state index is 5.33. The average Bonchev–Trinajstić information content (AvgIpc) is 2.67. The van der Waals surface area contributed by atoms with Gasteiger partial charge in [0, 0.05) is 24.9 Å². The second kappa shape index (κ2) is 5.78. The Bertz CT molecular complexity index is 236. The molecule has 1 aromatic rings. The minimum Gasteiger partial charge on any atom is -0.380 e. The van der Waals surface area contributed by atoms with Crippen LogP contribution in [0.15, 0.2) is 12.3 Å². The van der Waals surface area contributed by atoms with E-state index in [0.717, 1.165) is 18.9 Å². The summed E-state index contributed by atoms with van der Waals surface area (Å²) in [5, 5.41) is 10.3. The molecule has 1 aromatic heterocycles. The highest BCUT2D eigenvalue weighted by Gasteiger charge is 2.09. The SMILES string of the molecule is CCOCC(C)NC(C)c1ccn[nH]1. The van der Waals surface area contributed by atoms with Crippen molar-refractivity contribution in [3.8, 4) is 0 Å². The van der Waals surface area contributed by atoms with Crippen LogP contribution in [0.5, 0.6) is 0 Å². The first-order valence-corrected chi connectivity index (χ1v) is 5.07. The summed E-state index contributed by atoms with van der Waals surface area (Å²) < 4.78 is 5.33. The Morgan fingerprint density at radius 3 is 2.93 bits per heavy atom. The van der Waals surface area contributed by atoms with Gasteiger partial charge in [-0.2, -0.15) is 5.10 Å². The maximum Gasteiger partial charge on any atom is 0.0616 e. The molecule has 0 aliphatic heterocycles. The second-order valence-corrected chi connectivity index (χ2v) is 3.46. The highest BCUT2D eigenvalue weighted by atomic mass is 16.5. The molecule has 0 fully saturated rings. The van der Waals surface area contributed by atoms with Crippen molar-refractivity contribution in [2.45, 2.75) is 32.9 Å². The number of aromatic nitrogens is 2. The summed E-state index contributed by atoms with van der Waals surface area (Å²) in [5.41, 5.74) is 1.10. The van der Waals surface area contributed by atoms with Crippen LogP contribution in [0.4, 0.5) is 0 Å². The molecule has 0 amide bonds. The Balaban J connectivity index is 2.29. The predicted octanol–water partition coefficient (Wildman–Crippen LogP) is 1.49. The summed E-state index contributed by atoms with van der Waals surface area (Å²) in [6, 6.07) is 2.62. The lowest BCUT2D eigenvalue weighted by atomic mass is 10.2. The van der Waals surface area contributed by atoms with E-state index >= 15 is 0 Å². The molecule has 0 aliphatic carbocycles. The Hall–Kier alpha value is -0.870. The van der Waals surface area contributed by atoms with E-state index in [9.17, 15) is 0 Å². The number of nitrogens with zero attached hydrogens (tertiary/aromatic N) is 1. The van der Waals surface area contributed by atoms with Crippen LogP contribution in [0.2, 0.25) is 0 Å². The number of ether oxygens (including phenoxy) is 1. The minimum atomic E-state index is 0.285. The van der Waals surface area contributed by atoms with Gasteiger partial charge in [0.2, 0.25) is 0 Å². The van der Waals surface area contributed by atoms with E-state index in [1.807, 2.05) is 13.0 Å². The van der Waals surface area contributed by atoms with Gasteiger partial charge in [-0.15, -0.1) is 0 Å². The van der Waals surface area contributed by atoms with E-state index in [4.69, 9.17) is 4.74 Å². The van der Waals surface area contributed by atoms with E-state index in [1.54, 1.807) is 6.20 Å². The molecule has 0 aromatic carbocycles. The zero-order chi connectivity index (χ0) is 10.4. The third-order valence-electron chi connectivity index (χ3n) is 2.10. The van der Waals surface area contributed by atoms with Crippen LogP contribution >= 0.6 is 0 Å². The summed E-state index contributed by atoms with van der Waals surface area (Å²) in [6.45, 7) is 7.74. The van der Waals surface area contributed by atoms with Crippen molar-refractivity contribution in [1.82, 2.24) is 15.5 Å². The van der Waals surface area contributed by atoms with Gasteiger partial charge in [0.15, 0.2) is 0 Å². The minimum absolute atomic E-state index is 0.285. The fourth-order valence-electron chi connectivity index (χ4n) is 1.37. The van der Waals surface area contributed by atoms with E-state index in [1.165, 1.54) is 0 Å². The Kier molecular flexibility index (Phi) is 4.62. The Labute approximate surface area is 85.0 Å². The number of nitrogens with one attached hydrogen (secondary N) is 2. The van der Waals surface area contributed by atoms with E-state index in [0.29, 0.717) is 6.04 Å². The molecule has 14 heavy (non-hydrogen) atoms. The third-order valence-corrected chi connectivity index (χ3v) is 2.10. The van der Waals surface area contributed by atoms with E-state index in [-0.39, 0.29) is 6.04 Å². The summed E-state index contributed by atoms with van der Waals surface area (Å²) in [6.07, 6.45) is 1.76. The molecule has 0 saturated carbocycles. The fourth-order valence-corrected chi connectivity index (χ4v) is 1.37. The molecule has 80 valence electrons. The molecule has 2 unspecified atom stereocenters. The average molecular weight is 197 g/mol. The molecule has 0 bridgehead atoms. The highest BCUT2D eigenvalue weighted by Crippen LogP contribution is 2.08. The molecule has 1 heterocycles. The molecular formula is C10H19N3O. The topological polar surface area (TPSA) is 49.9 Å². The number of aromatic amines is 1. The summed E-state index contributed by atoms with van der Waals surface area (Å²) >= 11 is 0. The normalized spacial score (nSPS) is 15.4. The first kappa shape index (κ1) is 11.2. The molecule has 2 N–H and O–H groups in total. The Morgan fingerprint density at radius 2 is 2.36 bits per heavy atom. The lowest BCUT2D eigenvalue weighted by Gasteiger charge is -2.18. The first-order valence-electron chi connectivity index (χ1n) is 5.07. The van der Waals surface area contributed by atoms with Crippen LogP contribution in [0.25, 0.3) is 0 Å². The summed E-state index contributed by atoms with van der Waals surface area (Å²) in [7, 11) is 0. The van der Waals surface area contributed by atoms with Crippen molar-refractivity contribution in [2.24, 2.45) is 0 Å². The van der Waals surface area contributed by atoms with Gasteiger partial charge in [-0.05, 0) is 26.8 Å². The van der Waals surface area contributed by atoms with Crippen LogP contribution in [-0.4, -0.2) is 29.5 Å². The van der Waals surface area contributed by atoms with Gasteiger partial charge in [0.1, 0.15) is 0 Å². The zero-order valence-electron chi connectivity index (χ0n) is 9.08. The highest BCUT2D eigenvalue weighted by molar-refractivity contribution is 5.03. The second-order valence-electron chi connectivity index (χ2n) is 3.46. The summed E-state index contributed by atoms with van der Waals surface area (Å²) in [4.78, 5) is 0. The van der Waals surface area contributed by atoms with Gasteiger partial charge in [-0.25, -0.2) is 0 Å². The molecule has 2 atom stereocenters. The van der Waals surface area contributed by atoms with Crippen LogP contribution in [0.1, 0.15) is 32.5 Å². The molecule has 0 saturated heterocycles. The Morgan fingerprint density at radius 1 is 1.57 bits per heavy atom. The quantitative estimate of drug-likeness (QED) is 0.726. The van der Waals surface area contributed by atoms with Crippen molar-refractivity contribution >= 4 is 0 Å². The van der Waals surface area contributed by atoms with Gasteiger partial charge < -0.3 is 10.1 Å². The third kappa shape index (κ3) is 3.47. The fraction of sp³-hybridized carbons (Fsp3) is 0.700. The summed E-state index contributed by atoms with van der Waals surface area (Å²) in [5.74, 6) is 0. The monoisotopic (exact) mass is 197 g/mol. The maximum atomic E-state index is 5.33. The van der Waals surface area contributed by atoms with Crippen LogP contribution in [-0.2, 0) is 4.74 Å². The lowest BCUT2D eigenvalue weighted by molar-refractivity contribution is 0.124. The number of rotatable bonds is 6. The molecule has 0 spiro atoms. The standard InChI is InChI=1S/C10H19N3O/c1-4-14-7-8(2)12-9(3)10-5-6-11-13-10/h5-6,8-9,12H,4,7H2,1-3H3,(H,11,13). The number of hydrogen-bond acceptors (Lipinski definition) is 3. The van der Waals surface area contributed by atoms with Gasteiger partial charge in [-0.1, -0.05) is 0 Å². The van der Waals surface area contributed by atoms with Gasteiger partial charge >= 0.3 is 0 Å². The number of hydrogen-bond donors (Lipinski definition) is 2. The van der Waals surface area contributed by atoms with E-state index < -0.39 is 0 Å². The van der Waals surface area contributed by atoms with Crippen LogP contribution < -0.4 is 5.32 Å². The molecule has 4 nitrogen and oxygen atoms in total. The van der Waals surface area contributed by atoms with Crippen LogP contribution in [0.3, 0.4) is 0 Å². The van der Waals surface area contributed by atoms with Crippen molar-refractivity contribution < 1.29 is 4.74 Å². The van der Waals surface area contributed by atoms with Gasteiger partial charge in [-0.3, -0.25) is 5.10 Å². The molecule has 0 radical (unpaired) electrons. The van der Waals surface area contributed by atoms with Gasteiger partial charge in [0.25, 0.3) is 0 Å². The van der Waals surface area contributed by atoms with Crippen LogP contribution in [0, 0.1) is 0 Å². The van der Waals surface area contributed by atoms with E-state index in [2.05, 4.69) is 29.4 Å². The molecule has 0 aliphatic rings. The largest absolute Gasteiger partial charge is 0.380 e. The zero-order valence-corrected chi connectivity index (χ0v) is 9.08. The van der Waals surface area contributed by atoms with Crippen molar-refractivity contribution in [3.05, 3.63) is 18.0 Å². The molecule has 4 heteroatoms. The van der Waals surface area contributed by atoms with Crippen molar-refractivity contribution in [3.63, 3.8) is 0 Å². The molecular weight excluding hydrogens is 178 g/mol. The van der Waals surface area contributed by atoms with Crippen molar-refractivity contribution in [2.75, 3.05) is 13.2 Å². The molecule has 1 rings (SSSR count). The van der Waals surface area contributed by atoms with Crippen molar-refractivity contribution in [1.29, 1.82) is 0 Å². The number of H-pyrrole nitrogens is 1. The predicted molar refractivity (Wildman–Crippen MR) is 56.1 cm³/mol. The first-order chi connectivity index (χ1) is 6.74. The smallest absolute Gasteiger partial charge is 0.0616 e. The van der Waals surface area contributed by atoms with Gasteiger partial charge in [0.05, 0.1) is 12.3 Å². The lowest BCUT2D eigenvalue weighted by Crippen LogP contribution is -2.33.